The summed E-state index contributed by atoms with van der Waals surface area (Å²) in [4.78, 5) is 10.4. The van der Waals surface area contributed by atoms with Gasteiger partial charge in [0.25, 0.3) is 0 Å². The largest absolute Gasteiger partial charge is 0.471 e. The van der Waals surface area contributed by atoms with E-state index in [1.165, 1.54) is 0 Å². The number of halogens is 3. The molecular formula is C6H8F3N3O. The standard InChI is InChI=1S/C6H8F3N3O/c7-6(8,9)4(13)12-5(1-2-5)3(10)11/h1-2H2,(H3,10,11)(H,12,13). The SMILES string of the molecule is N=C(N)C1(NC(=O)C(F)(F)F)CC1. The van der Waals surface area contributed by atoms with Crippen molar-refractivity contribution in [3.63, 3.8) is 0 Å². The summed E-state index contributed by atoms with van der Waals surface area (Å²) in [6.07, 6.45) is -4.32. The van der Waals surface area contributed by atoms with Crippen LogP contribution in [0.4, 0.5) is 13.2 Å². The highest BCUT2D eigenvalue weighted by atomic mass is 19.4. The summed E-state index contributed by atoms with van der Waals surface area (Å²) in [5.41, 5.74) is 3.80. The minimum Gasteiger partial charge on any atom is -0.386 e. The monoisotopic (exact) mass is 195 g/mol. The summed E-state index contributed by atoms with van der Waals surface area (Å²) < 4.78 is 35.2. The highest BCUT2D eigenvalue weighted by molar-refractivity contribution is 5.96. The van der Waals surface area contributed by atoms with Gasteiger partial charge in [-0.3, -0.25) is 10.2 Å². The molecule has 1 aliphatic carbocycles. The molecule has 0 spiro atoms. The van der Waals surface area contributed by atoms with Crippen LogP contribution in [0.3, 0.4) is 0 Å². The lowest BCUT2D eigenvalue weighted by Crippen LogP contribution is -2.50. The van der Waals surface area contributed by atoms with Crippen LogP contribution >= 0.6 is 0 Å². The molecule has 7 heteroatoms. The summed E-state index contributed by atoms with van der Waals surface area (Å²) in [5.74, 6) is -2.47. The second kappa shape index (κ2) is 2.61. The van der Waals surface area contributed by atoms with E-state index in [1.807, 2.05) is 0 Å². The Kier molecular flexibility index (Phi) is 1.97. The van der Waals surface area contributed by atoms with Crippen LogP contribution in [0.25, 0.3) is 0 Å². The average molecular weight is 195 g/mol. The van der Waals surface area contributed by atoms with E-state index in [9.17, 15) is 18.0 Å². The zero-order chi connectivity index (χ0) is 10.3. The molecule has 0 saturated heterocycles. The second-order valence-corrected chi connectivity index (χ2v) is 2.95. The van der Waals surface area contributed by atoms with Gasteiger partial charge in [0, 0.05) is 0 Å². The van der Waals surface area contributed by atoms with Crippen molar-refractivity contribution in [2.75, 3.05) is 0 Å². The normalized spacial score (nSPS) is 19.3. The van der Waals surface area contributed by atoms with E-state index in [-0.39, 0.29) is 0 Å². The maximum atomic E-state index is 11.7. The van der Waals surface area contributed by atoms with Crippen LogP contribution in [0.15, 0.2) is 0 Å². The first-order chi connectivity index (χ1) is 5.78. The summed E-state index contributed by atoms with van der Waals surface area (Å²) in [6, 6.07) is 0. The summed E-state index contributed by atoms with van der Waals surface area (Å²) in [6.45, 7) is 0. The van der Waals surface area contributed by atoms with Crippen LogP contribution in [0.2, 0.25) is 0 Å². The molecular weight excluding hydrogens is 187 g/mol. The number of rotatable bonds is 2. The van der Waals surface area contributed by atoms with Crippen molar-refractivity contribution >= 4 is 11.7 Å². The zero-order valence-electron chi connectivity index (χ0n) is 6.53. The third-order valence-electron chi connectivity index (χ3n) is 1.88. The molecule has 0 aromatic carbocycles. The maximum absolute atomic E-state index is 11.7. The molecule has 0 aliphatic heterocycles. The van der Waals surface area contributed by atoms with Crippen molar-refractivity contribution < 1.29 is 18.0 Å². The Balaban J connectivity index is 2.60. The third-order valence-corrected chi connectivity index (χ3v) is 1.88. The van der Waals surface area contributed by atoms with Gasteiger partial charge >= 0.3 is 12.1 Å². The maximum Gasteiger partial charge on any atom is 0.471 e. The molecule has 0 atom stereocenters. The number of carbonyl (C=O) groups is 1. The lowest BCUT2D eigenvalue weighted by atomic mass is 10.2. The molecule has 0 bridgehead atoms. The lowest BCUT2D eigenvalue weighted by Gasteiger charge is -2.16. The second-order valence-electron chi connectivity index (χ2n) is 2.95. The van der Waals surface area contributed by atoms with Gasteiger partial charge in [-0.25, -0.2) is 0 Å². The van der Waals surface area contributed by atoms with Gasteiger partial charge in [0.2, 0.25) is 0 Å². The summed E-state index contributed by atoms with van der Waals surface area (Å²) >= 11 is 0. The van der Waals surface area contributed by atoms with Gasteiger partial charge in [-0.1, -0.05) is 0 Å². The minimum absolute atomic E-state index is 0.296. The van der Waals surface area contributed by atoms with Gasteiger partial charge in [0.1, 0.15) is 5.84 Å². The van der Waals surface area contributed by atoms with Gasteiger partial charge in [0.05, 0.1) is 5.54 Å². The number of hydrogen-bond donors (Lipinski definition) is 3. The van der Waals surface area contributed by atoms with Crippen molar-refractivity contribution in [1.82, 2.24) is 5.32 Å². The van der Waals surface area contributed by atoms with Crippen LogP contribution in [0.5, 0.6) is 0 Å². The quantitative estimate of drug-likeness (QED) is 0.432. The van der Waals surface area contributed by atoms with E-state index in [0.717, 1.165) is 0 Å². The van der Waals surface area contributed by atoms with E-state index in [1.54, 1.807) is 5.32 Å². The topological polar surface area (TPSA) is 79.0 Å². The zero-order valence-corrected chi connectivity index (χ0v) is 6.53. The summed E-state index contributed by atoms with van der Waals surface area (Å²) in [7, 11) is 0. The first-order valence-corrected chi connectivity index (χ1v) is 3.52. The van der Waals surface area contributed by atoms with Crippen LogP contribution in [0.1, 0.15) is 12.8 Å². The van der Waals surface area contributed by atoms with Crippen molar-refractivity contribution in [3.8, 4) is 0 Å². The molecule has 0 unspecified atom stereocenters. The third kappa shape index (κ3) is 1.90. The molecule has 0 aromatic heterocycles. The molecule has 0 heterocycles. The number of amides is 1. The predicted octanol–water partition coefficient (Wildman–Crippen LogP) is 0.133. The molecule has 1 saturated carbocycles. The highest BCUT2D eigenvalue weighted by Gasteiger charge is 2.52. The molecule has 0 aromatic rings. The van der Waals surface area contributed by atoms with E-state index < -0.39 is 23.5 Å². The minimum atomic E-state index is -4.91. The van der Waals surface area contributed by atoms with Crippen molar-refractivity contribution in [2.45, 2.75) is 24.6 Å². The van der Waals surface area contributed by atoms with E-state index in [4.69, 9.17) is 11.1 Å². The number of hydrogen-bond acceptors (Lipinski definition) is 2. The van der Waals surface area contributed by atoms with E-state index in [0.29, 0.717) is 12.8 Å². The predicted molar refractivity (Wildman–Crippen MR) is 38.1 cm³/mol. The fourth-order valence-corrected chi connectivity index (χ4v) is 0.875. The fraction of sp³-hybridized carbons (Fsp3) is 0.667. The molecule has 0 radical (unpaired) electrons. The van der Waals surface area contributed by atoms with Gasteiger partial charge in [-0.2, -0.15) is 13.2 Å². The van der Waals surface area contributed by atoms with Crippen LogP contribution in [-0.4, -0.2) is 23.5 Å². The number of nitrogens with two attached hydrogens (primary N) is 1. The van der Waals surface area contributed by atoms with Crippen LogP contribution in [-0.2, 0) is 4.79 Å². The van der Waals surface area contributed by atoms with E-state index >= 15 is 0 Å². The van der Waals surface area contributed by atoms with Gasteiger partial charge in [-0.15, -0.1) is 0 Å². The molecule has 74 valence electrons. The molecule has 4 N–H and O–H groups in total. The Labute approximate surface area is 71.8 Å². The number of alkyl halides is 3. The van der Waals surface area contributed by atoms with Crippen molar-refractivity contribution in [3.05, 3.63) is 0 Å². The molecule has 1 rings (SSSR count). The highest BCUT2D eigenvalue weighted by Crippen LogP contribution is 2.36. The van der Waals surface area contributed by atoms with Crippen molar-refractivity contribution in [1.29, 1.82) is 5.41 Å². The fourth-order valence-electron chi connectivity index (χ4n) is 0.875. The van der Waals surface area contributed by atoms with Crippen LogP contribution in [0, 0.1) is 5.41 Å². The van der Waals surface area contributed by atoms with Gasteiger partial charge in [0.15, 0.2) is 0 Å². The number of carbonyl (C=O) groups excluding carboxylic acids is 1. The van der Waals surface area contributed by atoms with Gasteiger partial charge in [-0.05, 0) is 12.8 Å². The van der Waals surface area contributed by atoms with E-state index in [2.05, 4.69) is 0 Å². The van der Waals surface area contributed by atoms with Crippen molar-refractivity contribution in [2.24, 2.45) is 5.73 Å². The first kappa shape index (κ1) is 9.82. The Bertz CT molecular complexity index is 256. The first-order valence-electron chi connectivity index (χ1n) is 3.52. The molecule has 4 nitrogen and oxygen atoms in total. The number of nitrogens with one attached hydrogen (secondary N) is 2. The lowest BCUT2D eigenvalue weighted by molar-refractivity contribution is -0.174. The Morgan fingerprint density at radius 1 is 1.46 bits per heavy atom. The molecule has 1 aliphatic rings. The molecule has 13 heavy (non-hydrogen) atoms. The van der Waals surface area contributed by atoms with Crippen LogP contribution < -0.4 is 11.1 Å². The van der Waals surface area contributed by atoms with Gasteiger partial charge < -0.3 is 11.1 Å². The molecule has 1 amide bonds. The Hall–Kier alpha value is -1.27. The number of amidine groups is 1. The molecule has 1 fully saturated rings. The summed E-state index contributed by atoms with van der Waals surface area (Å²) in [5, 5.41) is 8.65. The Morgan fingerprint density at radius 2 is 1.92 bits per heavy atom. The Morgan fingerprint density at radius 3 is 2.15 bits per heavy atom. The average Bonchev–Trinajstić information content (AvgIpc) is 2.66. The smallest absolute Gasteiger partial charge is 0.386 e.